The van der Waals surface area contributed by atoms with E-state index in [0.717, 1.165) is 0 Å². The average molecular weight is 623 g/mol. The number of aliphatic hydroxyl groups is 2. The number of rotatable bonds is 8. The summed E-state index contributed by atoms with van der Waals surface area (Å²) >= 11 is 0. The van der Waals surface area contributed by atoms with Crippen molar-refractivity contribution < 1.29 is 54.6 Å². The topological polar surface area (TPSA) is 199 Å². The lowest BCUT2D eigenvalue weighted by atomic mass is 10.2. The summed E-state index contributed by atoms with van der Waals surface area (Å²) in [6.07, 6.45) is -0.612. The molecule has 11 heteroatoms. The molecule has 0 aliphatic heterocycles. The van der Waals surface area contributed by atoms with E-state index >= 15 is 0 Å². The number of ether oxygens (including phenoxy) is 1. The van der Waals surface area contributed by atoms with Crippen molar-refractivity contribution >= 4 is 23.9 Å². The Hall–Kier alpha value is -5.36. The maximum Gasteiger partial charge on any atom is 0.335 e. The molecule has 0 bridgehead atoms. The summed E-state index contributed by atoms with van der Waals surface area (Å²) in [6, 6.07) is 33.2. The van der Waals surface area contributed by atoms with E-state index in [-0.39, 0.29) is 12.7 Å². The van der Waals surface area contributed by atoms with Gasteiger partial charge in [0.25, 0.3) is 0 Å². The Morgan fingerprint density at radius 1 is 0.511 bits per heavy atom. The Morgan fingerprint density at radius 3 is 0.867 bits per heavy atom. The van der Waals surface area contributed by atoms with Crippen LogP contribution in [0.5, 0.6) is 0 Å². The summed E-state index contributed by atoms with van der Waals surface area (Å²) < 4.78 is 4.95. The maximum atomic E-state index is 10.2. The molecule has 0 spiro atoms. The van der Waals surface area contributed by atoms with Crippen LogP contribution in [-0.4, -0.2) is 79.9 Å². The van der Waals surface area contributed by atoms with Gasteiger partial charge in [-0.1, -0.05) is 72.8 Å². The van der Waals surface area contributed by atoms with Gasteiger partial charge < -0.3 is 35.4 Å². The summed E-state index contributed by atoms with van der Waals surface area (Å²) in [6.45, 7) is 3.70. The van der Waals surface area contributed by atoms with Gasteiger partial charge in [-0.15, -0.1) is 0 Å². The fourth-order valence-corrected chi connectivity index (χ4v) is 2.68. The highest BCUT2D eigenvalue weighted by atomic mass is 16.5. The average Bonchev–Trinajstić information content (AvgIpc) is 3.06. The zero-order valence-electron chi connectivity index (χ0n) is 24.8. The SMILES string of the molecule is CC(O)COC(C)CO.O=C(O)c1ccccc1.O=C(O)c1ccccc1.O=C(O)c1ccccc1.O=C(O)c1ccccc1. The molecule has 0 aliphatic carbocycles. The predicted octanol–water partition coefficient (Wildman–Crippen LogP) is 5.30. The van der Waals surface area contributed by atoms with E-state index in [9.17, 15) is 19.2 Å². The molecule has 4 aromatic rings. The largest absolute Gasteiger partial charge is 0.478 e. The Kier molecular flexibility index (Phi) is 21.2. The second kappa shape index (κ2) is 24.1. The summed E-state index contributed by atoms with van der Waals surface area (Å²) in [4.78, 5) is 40.8. The van der Waals surface area contributed by atoms with Crippen molar-refractivity contribution in [2.75, 3.05) is 13.2 Å². The number of carboxylic acids is 4. The molecular weight excluding hydrogens is 584 g/mol. The second-order valence-electron chi connectivity index (χ2n) is 8.86. The number of carboxylic acid groups (broad SMARTS) is 4. The highest BCUT2D eigenvalue weighted by Gasteiger charge is 2.01. The van der Waals surface area contributed by atoms with E-state index in [1.54, 1.807) is 135 Å². The predicted molar refractivity (Wildman–Crippen MR) is 168 cm³/mol. The van der Waals surface area contributed by atoms with E-state index in [2.05, 4.69) is 0 Å². The van der Waals surface area contributed by atoms with Gasteiger partial charge in [0.15, 0.2) is 0 Å². The van der Waals surface area contributed by atoms with Crippen LogP contribution in [-0.2, 0) is 4.74 Å². The minimum atomic E-state index is -0.879. The van der Waals surface area contributed by atoms with Gasteiger partial charge in [0.2, 0.25) is 0 Å². The van der Waals surface area contributed by atoms with Crippen LogP contribution in [0.2, 0.25) is 0 Å². The molecule has 0 saturated heterocycles. The quantitative estimate of drug-likeness (QED) is 0.149. The van der Waals surface area contributed by atoms with Gasteiger partial charge in [0.1, 0.15) is 0 Å². The molecule has 240 valence electrons. The third-order valence-electron chi connectivity index (χ3n) is 4.96. The van der Waals surface area contributed by atoms with E-state index in [1.807, 2.05) is 0 Å². The highest BCUT2D eigenvalue weighted by Crippen LogP contribution is 1.98. The van der Waals surface area contributed by atoms with Gasteiger partial charge in [0, 0.05) is 0 Å². The van der Waals surface area contributed by atoms with E-state index < -0.39 is 30.0 Å². The van der Waals surface area contributed by atoms with Crippen LogP contribution >= 0.6 is 0 Å². The van der Waals surface area contributed by atoms with E-state index in [0.29, 0.717) is 28.9 Å². The van der Waals surface area contributed by atoms with Crippen LogP contribution in [0, 0.1) is 0 Å². The van der Waals surface area contributed by atoms with Crippen molar-refractivity contribution in [1.82, 2.24) is 0 Å². The Bertz CT molecular complexity index is 1160. The molecule has 45 heavy (non-hydrogen) atoms. The second-order valence-corrected chi connectivity index (χ2v) is 8.86. The maximum absolute atomic E-state index is 10.2. The third kappa shape index (κ3) is 21.1. The van der Waals surface area contributed by atoms with E-state index in [1.165, 1.54) is 0 Å². The number of hydrogen-bond donors (Lipinski definition) is 6. The summed E-state index contributed by atoms with van der Waals surface area (Å²) in [7, 11) is 0. The molecule has 0 heterocycles. The lowest BCUT2D eigenvalue weighted by molar-refractivity contribution is -0.0177. The number of hydrogen-bond acceptors (Lipinski definition) is 7. The van der Waals surface area contributed by atoms with E-state index in [4.69, 9.17) is 35.4 Å². The van der Waals surface area contributed by atoms with Crippen molar-refractivity contribution in [3.8, 4) is 0 Å². The van der Waals surface area contributed by atoms with Crippen molar-refractivity contribution in [1.29, 1.82) is 0 Å². The van der Waals surface area contributed by atoms with Crippen molar-refractivity contribution in [3.63, 3.8) is 0 Å². The molecule has 4 aromatic carbocycles. The highest BCUT2D eigenvalue weighted by molar-refractivity contribution is 5.88. The molecular formula is C34H38O11. The van der Waals surface area contributed by atoms with Crippen LogP contribution in [0.1, 0.15) is 55.3 Å². The monoisotopic (exact) mass is 622 g/mol. The third-order valence-corrected chi connectivity index (χ3v) is 4.96. The number of benzene rings is 4. The minimum absolute atomic E-state index is 0.00667. The first-order chi connectivity index (χ1) is 21.4. The lowest BCUT2D eigenvalue weighted by Gasteiger charge is -2.10. The molecule has 2 unspecified atom stereocenters. The molecule has 11 nitrogen and oxygen atoms in total. The molecule has 0 radical (unpaired) electrons. The first-order valence-corrected chi connectivity index (χ1v) is 13.4. The standard InChI is InChI=1S/4C7H6O2.C6H14O3/c4*8-7(9)6-4-2-1-3-5-6;1-5(8)4-9-6(2)3-7/h4*1-5H,(H,8,9);5-8H,3-4H2,1-2H3. The normalized spacial score (nSPS) is 10.6. The number of aliphatic hydroxyl groups excluding tert-OH is 2. The van der Waals surface area contributed by atoms with Gasteiger partial charge in [0.05, 0.1) is 47.7 Å². The molecule has 6 N–H and O–H groups in total. The van der Waals surface area contributed by atoms with Crippen LogP contribution in [0.15, 0.2) is 121 Å². The van der Waals surface area contributed by atoms with Crippen molar-refractivity contribution in [2.45, 2.75) is 26.1 Å². The lowest BCUT2D eigenvalue weighted by Crippen LogP contribution is -2.19. The minimum Gasteiger partial charge on any atom is -0.478 e. The Balaban J connectivity index is 0.000000538. The fraction of sp³-hybridized carbons (Fsp3) is 0.176. The molecule has 0 aliphatic rings. The van der Waals surface area contributed by atoms with Crippen LogP contribution in [0.25, 0.3) is 0 Å². The number of aromatic carboxylic acids is 4. The molecule has 0 saturated carbocycles. The van der Waals surface area contributed by atoms with Gasteiger partial charge in [-0.2, -0.15) is 0 Å². The van der Waals surface area contributed by atoms with Crippen molar-refractivity contribution in [3.05, 3.63) is 144 Å². The van der Waals surface area contributed by atoms with Gasteiger partial charge in [-0.3, -0.25) is 0 Å². The Labute approximate surface area is 261 Å². The summed E-state index contributed by atoms with van der Waals surface area (Å²) in [5, 5.41) is 50.7. The van der Waals surface area contributed by atoms with Crippen molar-refractivity contribution in [2.24, 2.45) is 0 Å². The molecule has 0 aromatic heterocycles. The molecule has 4 rings (SSSR count). The van der Waals surface area contributed by atoms with Gasteiger partial charge >= 0.3 is 23.9 Å². The van der Waals surface area contributed by atoms with Crippen LogP contribution in [0.3, 0.4) is 0 Å². The van der Waals surface area contributed by atoms with Gasteiger partial charge in [-0.25, -0.2) is 19.2 Å². The summed E-state index contributed by atoms with van der Waals surface area (Å²) in [5.74, 6) is -3.52. The fourth-order valence-electron chi connectivity index (χ4n) is 2.68. The molecule has 2 atom stereocenters. The first kappa shape index (κ1) is 39.6. The summed E-state index contributed by atoms with van der Waals surface area (Å²) in [5.41, 5.74) is 1.32. The number of carbonyl (C=O) groups is 4. The van der Waals surface area contributed by atoms with Crippen LogP contribution < -0.4 is 0 Å². The zero-order valence-corrected chi connectivity index (χ0v) is 24.8. The smallest absolute Gasteiger partial charge is 0.335 e. The van der Waals surface area contributed by atoms with Crippen LogP contribution in [0.4, 0.5) is 0 Å². The zero-order chi connectivity index (χ0) is 34.0. The molecule has 0 fully saturated rings. The van der Waals surface area contributed by atoms with Gasteiger partial charge in [-0.05, 0) is 62.4 Å². The first-order valence-electron chi connectivity index (χ1n) is 13.4. The Morgan fingerprint density at radius 2 is 0.733 bits per heavy atom. The molecule has 0 amide bonds.